The van der Waals surface area contributed by atoms with E-state index < -0.39 is 0 Å². The van der Waals surface area contributed by atoms with Crippen molar-refractivity contribution < 1.29 is 4.42 Å². The third kappa shape index (κ3) is 6.70. The van der Waals surface area contributed by atoms with E-state index in [2.05, 4.69) is 286 Å². The minimum absolute atomic E-state index is 0.832. The van der Waals surface area contributed by atoms with Gasteiger partial charge in [0.15, 0.2) is 5.58 Å². The van der Waals surface area contributed by atoms with Crippen LogP contribution in [0, 0.1) is 0 Å². The smallest absolute Gasteiger partial charge is 0.160 e. The average Bonchev–Trinajstić information content (AvgIpc) is 4.10. The summed E-state index contributed by atoms with van der Waals surface area (Å²) in [6.07, 6.45) is 0. The number of benzene rings is 11. The Morgan fingerprint density at radius 1 is 0.268 bits per heavy atom. The molecule has 0 fully saturated rings. The fourth-order valence-corrected chi connectivity index (χ4v) is 10.9. The molecule has 5 heteroatoms. The number of hydrogen-bond donors (Lipinski definition) is 0. The molecule has 334 valence electrons. The van der Waals surface area contributed by atoms with Gasteiger partial charge in [0.2, 0.25) is 0 Å². The molecule has 0 aliphatic carbocycles. The van der Waals surface area contributed by atoms with Gasteiger partial charge in [-0.05, 0) is 139 Å². The van der Waals surface area contributed by atoms with Gasteiger partial charge in [0.05, 0.1) is 22.1 Å². The number of rotatable bonds is 9. The third-order valence-corrected chi connectivity index (χ3v) is 14.1. The summed E-state index contributed by atoms with van der Waals surface area (Å²) in [6.45, 7) is 0. The molecule has 71 heavy (non-hydrogen) atoms. The molecule has 14 aromatic rings. The Labute approximate surface area is 410 Å². The molecule has 0 bridgehead atoms. The van der Waals surface area contributed by atoms with Gasteiger partial charge in [0.25, 0.3) is 0 Å². The highest BCUT2D eigenvalue weighted by Crippen LogP contribution is 2.45. The summed E-state index contributed by atoms with van der Waals surface area (Å²) in [5.74, 6) is 0. The summed E-state index contributed by atoms with van der Waals surface area (Å²) in [5.41, 5.74) is 17.2. The molecule has 14 rings (SSSR count). The zero-order valence-electron chi connectivity index (χ0n) is 38.6. The van der Waals surface area contributed by atoms with E-state index >= 15 is 0 Å². The Hall–Kier alpha value is -9.58. The molecule has 3 heterocycles. The summed E-state index contributed by atoms with van der Waals surface area (Å²) in [4.78, 5) is 4.62. The summed E-state index contributed by atoms with van der Waals surface area (Å²) >= 11 is 0. The summed E-state index contributed by atoms with van der Waals surface area (Å²) in [6, 6.07) is 95.6. The van der Waals surface area contributed by atoms with Gasteiger partial charge in [-0.25, -0.2) is 0 Å². The Morgan fingerprint density at radius 3 is 1.35 bits per heavy atom. The van der Waals surface area contributed by atoms with Gasteiger partial charge in [-0.2, -0.15) is 0 Å². The second-order valence-corrected chi connectivity index (χ2v) is 18.1. The number of furan rings is 1. The highest BCUT2D eigenvalue weighted by atomic mass is 16.3. The minimum atomic E-state index is 0.832. The van der Waals surface area contributed by atoms with Gasteiger partial charge < -0.3 is 23.4 Å². The maximum atomic E-state index is 7.18. The number of hydrogen-bond acceptors (Lipinski definition) is 3. The number of para-hydroxylation sites is 6. The van der Waals surface area contributed by atoms with Gasteiger partial charge >= 0.3 is 0 Å². The Morgan fingerprint density at radius 2 is 0.718 bits per heavy atom. The summed E-state index contributed by atoms with van der Waals surface area (Å²) in [7, 11) is 0. The minimum Gasteiger partial charge on any atom is -0.454 e. The van der Waals surface area contributed by atoms with E-state index in [-0.39, 0.29) is 0 Å². The first-order valence-corrected chi connectivity index (χ1v) is 24.2. The van der Waals surface area contributed by atoms with Crippen LogP contribution in [0.25, 0.3) is 88.1 Å². The van der Waals surface area contributed by atoms with Crippen molar-refractivity contribution >= 4 is 99.7 Å². The number of aromatic nitrogens is 2. The van der Waals surface area contributed by atoms with Crippen molar-refractivity contribution in [3.8, 4) is 22.5 Å². The molecule has 0 N–H and O–H groups in total. The van der Waals surface area contributed by atoms with Crippen LogP contribution in [0.4, 0.5) is 34.1 Å². The predicted molar refractivity (Wildman–Crippen MR) is 297 cm³/mol. The van der Waals surface area contributed by atoms with Crippen LogP contribution in [-0.2, 0) is 0 Å². The van der Waals surface area contributed by atoms with Crippen molar-refractivity contribution in [2.24, 2.45) is 0 Å². The van der Waals surface area contributed by atoms with Crippen LogP contribution >= 0.6 is 0 Å². The molecule has 0 spiro atoms. The van der Waals surface area contributed by atoms with E-state index in [0.717, 1.165) is 94.8 Å². The molecule has 0 aliphatic rings. The lowest BCUT2D eigenvalue weighted by Gasteiger charge is -2.25. The number of anilines is 6. The van der Waals surface area contributed by atoms with Crippen molar-refractivity contribution in [2.75, 3.05) is 9.80 Å². The van der Waals surface area contributed by atoms with Crippen LogP contribution in [0.2, 0.25) is 0 Å². The monoisotopic (exact) mass is 908 g/mol. The molecule has 5 nitrogen and oxygen atoms in total. The maximum absolute atomic E-state index is 7.18. The van der Waals surface area contributed by atoms with Crippen LogP contribution in [0.5, 0.6) is 0 Å². The van der Waals surface area contributed by atoms with E-state index in [1.807, 2.05) is 0 Å². The van der Waals surface area contributed by atoms with Crippen molar-refractivity contribution in [3.63, 3.8) is 0 Å². The van der Waals surface area contributed by atoms with Crippen LogP contribution in [0.15, 0.2) is 271 Å². The third-order valence-electron chi connectivity index (χ3n) is 14.1. The molecular weight excluding hydrogens is 865 g/mol. The Balaban J connectivity index is 0.957. The first-order valence-electron chi connectivity index (χ1n) is 24.2. The second-order valence-electron chi connectivity index (χ2n) is 18.1. The molecule has 0 amide bonds. The standard InChI is InChI=1S/C66H44N4O/c1-6-18-47(19-7-1)67(48-20-8-2-9-21-48)53-36-41-63-60(43-53)57-38-39-58-56-37-35-54(68(49-22-10-3-11-23-49)50-24-12-4-13-25-50)44-64(56)71-66(58)65(57)70(63)52-33-30-45(31-34-52)46-32-40-62-59(42-46)55-28-16-17-29-61(55)69(62)51-26-14-5-15-27-51/h1-44H. The van der Waals surface area contributed by atoms with Crippen molar-refractivity contribution in [2.45, 2.75) is 0 Å². The molecule has 0 radical (unpaired) electrons. The van der Waals surface area contributed by atoms with Crippen molar-refractivity contribution in [1.29, 1.82) is 0 Å². The number of nitrogens with zero attached hydrogens (tertiary/aromatic N) is 4. The van der Waals surface area contributed by atoms with Crippen LogP contribution in [0.1, 0.15) is 0 Å². The van der Waals surface area contributed by atoms with E-state index in [9.17, 15) is 0 Å². The van der Waals surface area contributed by atoms with Gasteiger partial charge in [0.1, 0.15) is 5.58 Å². The van der Waals surface area contributed by atoms with Gasteiger partial charge in [-0.3, -0.25) is 0 Å². The van der Waals surface area contributed by atoms with Crippen molar-refractivity contribution in [1.82, 2.24) is 9.13 Å². The van der Waals surface area contributed by atoms with Crippen LogP contribution < -0.4 is 9.80 Å². The first kappa shape index (κ1) is 40.5. The predicted octanol–water partition coefficient (Wildman–Crippen LogP) is 18.4. The lowest BCUT2D eigenvalue weighted by Crippen LogP contribution is -2.09. The van der Waals surface area contributed by atoms with E-state index in [4.69, 9.17) is 4.42 Å². The lowest BCUT2D eigenvalue weighted by atomic mass is 10.0. The zero-order chi connectivity index (χ0) is 46.8. The van der Waals surface area contributed by atoms with Gasteiger partial charge in [-0.15, -0.1) is 0 Å². The fraction of sp³-hybridized carbons (Fsp3) is 0. The summed E-state index contributed by atoms with van der Waals surface area (Å²) in [5, 5.41) is 6.88. The molecule has 11 aromatic carbocycles. The molecule has 0 saturated heterocycles. The molecule has 0 unspecified atom stereocenters. The van der Waals surface area contributed by atoms with Gasteiger partial charge in [0, 0.05) is 83.9 Å². The quantitative estimate of drug-likeness (QED) is 0.145. The van der Waals surface area contributed by atoms with E-state index in [0.29, 0.717) is 0 Å². The SMILES string of the molecule is c1ccc(N(c2ccccc2)c2ccc3c(c2)oc2c3ccc3c4cc(N(c5ccccc5)c5ccccc5)ccc4n(-c4ccc(-c5ccc6c(c5)c5ccccc5n6-c5ccccc5)cc4)c32)cc1. The van der Waals surface area contributed by atoms with Crippen LogP contribution in [0.3, 0.4) is 0 Å². The normalized spacial score (nSPS) is 11.7. The molecule has 3 aromatic heterocycles. The zero-order valence-corrected chi connectivity index (χ0v) is 38.6. The molecule has 0 saturated carbocycles. The highest BCUT2D eigenvalue weighted by Gasteiger charge is 2.23. The van der Waals surface area contributed by atoms with Gasteiger partial charge in [-0.1, -0.05) is 133 Å². The molecule has 0 atom stereocenters. The van der Waals surface area contributed by atoms with E-state index in [1.165, 1.54) is 27.4 Å². The Bertz CT molecular complexity index is 4180. The van der Waals surface area contributed by atoms with Crippen LogP contribution in [-0.4, -0.2) is 9.13 Å². The Kier molecular flexibility index (Phi) is 9.46. The number of fused-ring (bicyclic) bond motifs is 10. The maximum Gasteiger partial charge on any atom is 0.160 e. The summed E-state index contributed by atoms with van der Waals surface area (Å²) < 4.78 is 11.9. The molecular formula is C66H44N4O. The topological polar surface area (TPSA) is 29.5 Å². The molecule has 0 aliphatic heterocycles. The first-order chi connectivity index (χ1) is 35.2. The van der Waals surface area contributed by atoms with E-state index in [1.54, 1.807) is 0 Å². The average molecular weight is 909 g/mol. The largest absolute Gasteiger partial charge is 0.454 e. The fourth-order valence-electron chi connectivity index (χ4n) is 10.9. The highest BCUT2D eigenvalue weighted by molar-refractivity contribution is 6.22. The second kappa shape index (κ2) is 16.6. The lowest BCUT2D eigenvalue weighted by molar-refractivity contribution is 0.671. The van der Waals surface area contributed by atoms with Crippen molar-refractivity contribution in [3.05, 3.63) is 267 Å².